The van der Waals surface area contributed by atoms with Gasteiger partial charge in [-0.3, -0.25) is 0 Å². The van der Waals surface area contributed by atoms with E-state index in [1.54, 1.807) is 0 Å². The van der Waals surface area contributed by atoms with Crippen LogP contribution in [0.4, 0.5) is 18.9 Å². The van der Waals surface area contributed by atoms with Crippen LogP contribution in [-0.2, 0) is 10.9 Å². The molecule has 0 bridgehead atoms. The lowest BCUT2D eigenvalue weighted by molar-refractivity contribution is -0.137. The Hall–Kier alpha value is -1.43. The van der Waals surface area contributed by atoms with E-state index in [1.165, 1.54) is 6.07 Å². The van der Waals surface area contributed by atoms with Crippen LogP contribution in [-0.4, -0.2) is 19.3 Å². The lowest BCUT2D eigenvalue weighted by Crippen LogP contribution is -2.16. The average molecular weight is 261 g/mol. The molecular weight excluding hydrogens is 247 g/mol. The topological polar surface area (TPSA) is 44.5 Å². The van der Waals surface area contributed by atoms with Crippen molar-refractivity contribution >= 4 is 5.69 Å². The van der Waals surface area contributed by atoms with Gasteiger partial charge in [0.15, 0.2) is 0 Å². The Labute approximate surface area is 103 Å². The Balaban J connectivity index is 2.05. The molecule has 0 unspecified atom stereocenters. The van der Waals surface area contributed by atoms with Crippen LogP contribution in [0.5, 0.6) is 5.75 Å². The summed E-state index contributed by atoms with van der Waals surface area (Å²) in [6.07, 6.45) is -2.63. The van der Waals surface area contributed by atoms with Gasteiger partial charge in [-0.05, 0) is 25.0 Å². The van der Waals surface area contributed by atoms with Gasteiger partial charge in [0.1, 0.15) is 12.4 Å². The van der Waals surface area contributed by atoms with Crippen LogP contribution in [0.25, 0.3) is 0 Å². The number of ether oxygens (including phenoxy) is 2. The van der Waals surface area contributed by atoms with E-state index in [0.717, 1.165) is 25.0 Å². The van der Waals surface area contributed by atoms with Crippen molar-refractivity contribution in [1.29, 1.82) is 0 Å². The van der Waals surface area contributed by atoms with Crippen molar-refractivity contribution in [3.05, 3.63) is 23.8 Å². The third kappa shape index (κ3) is 3.29. The second-order valence-electron chi connectivity index (χ2n) is 4.23. The first-order valence-electron chi connectivity index (χ1n) is 5.67. The lowest BCUT2D eigenvalue weighted by Gasteiger charge is -2.14. The standard InChI is InChI=1S/C12H14F3NO2/c13-12(14,15)8-4-9(16)6-11(5-8)18-7-10-2-1-3-17-10/h4-6,10H,1-3,7,16H2/t10-/m1/s1. The SMILES string of the molecule is Nc1cc(OC[C@H]2CCCO2)cc(C(F)(F)F)c1. The van der Waals surface area contributed by atoms with E-state index in [2.05, 4.69) is 0 Å². The number of hydrogen-bond acceptors (Lipinski definition) is 3. The van der Waals surface area contributed by atoms with Gasteiger partial charge in [-0.1, -0.05) is 0 Å². The molecule has 1 aliphatic heterocycles. The van der Waals surface area contributed by atoms with Crippen LogP contribution in [0, 0.1) is 0 Å². The van der Waals surface area contributed by atoms with Crippen molar-refractivity contribution in [2.75, 3.05) is 18.9 Å². The zero-order valence-corrected chi connectivity index (χ0v) is 9.67. The zero-order chi connectivity index (χ0) is 13.2. The van der Waals surface area contributed by atoms with Gasteiger partial charge >= 0.3 is 6.18 Å². The molecule has 0 radical (unpaired) electrons. The monoisotopic (exact) mass is 261 g/mol. The van der Waals surface area contributed by atoms with Gasteiger partial charge in [-0.2, -0.15) is 13.2 Å². The molecule has 0 saturated carbocycles. The molecule has 0 aromatic heterocycles. The molecule has 6 heteroatoms. The molecule has 2 rings (SSSR count). The van der Waals surface area contributed by atoms with Crippen molar-refractivity contribution in [3.63, 3.8) is 0 Å². The first kappa shape index (κ1) is 13.0. The highest BCUT2D eigenvalue weighted by Crippen LogP contribution is 2.33. The van der Waals surface area contributed by atoms with Gasteiger partial charge in [0, 0.05) is 18.4 Å². The van der Waals surface area contributed by atoms with E-state index >= 15 is 0 Å². The molecule has 1 saturated heterocycles. The molecule has 0 amide bonds. The summed E-state index contributed by atoms with van der Waals surface area (Å²) in [7, 11) is 0. The predicted molar refractivity (Wildman–Crippen MR) is 60.3 cm³/mol. The highest BCUT2D eigenvalue weighted by Gasteiger charge is 2.31. The minimum atomic E-state index is -4.42. The fraction of sp³-hybridized carbons (Fsp3) is 0.500. The van der Waals surface area contributed by atoms with Crippen LogP contribution in [0.15, 0.2) is 18.2 Å². The lowest BCUT2D eigenvalue weighted by atomic mass is 10.2. The summed E-state index contributed by atoms with van der Waals surface area (Å²) in [5, 5.41) is 0. The maximum absolute atomic E-state index is 12.6. The molecule has 0 aliphatic carbocycles. The summed E-state index contributed by atoms with van der Waals surface area (Å²) in [5.41, 5.74) is 4.66. The van der Waals surface area contributed by atoms with E-state index in [9.17, 15) is 13.2 Å². The van der Waals surface area contributed by atoms with Crippen molar-refractivity contribution < 1.29 is 22.6 Å². The molecule has 2 N–H and O–H groups in total. The zero-order valence-electron chi connectivity index (χ0n) is 9.67. The summed E-state index contributed by atoms with van der Waals surface area (Å²) in [4.78, 5) is 0. The highest BCUT2D eigenvalue weighted by molar-refractivity contribution is 5.48. The number of alkyl halides is 3. The summed E-state index contributed by atoms with van der Waals surface area (Å²) in [6.45, 7) is 0.930. The first-order chi connectivity index (χ1) is 8.45. The number of benzene rings is 1. The quantitative estimate of drug-likeness (QED) is 0.851. The minimum absolute atomic E-state index is 0.0344. The summed E-state index contributed by atoms with van der Waals surface area (Å²) < 4.78 is 48.3. The number of rotatable bonds is 3. The second-order valence-corrected chi connectivity index (χ2v) is 4.23. The van der Waals surface area contributed by atoms with Crippen molar-refractivity contribution in [2.24, 2.45) is 0 Å². The van der Waals surface area contributed by atoms with Gasteiger partial charge in [0.05, 0.1) is 11.7 Å². The predicted octanol–water partition coefficient (Wildman–Crippen LogP) is 2.85. The van der Waals surface area contributed by atoms with Gasteiger partial charge in [-0.25, -0.2) is 0 Å². The number of nitrogens with two attached hydrogens (primary N) is 1. The Kier molecular flexibility index (Phi) is 3.65. The number of halogens is 3. The third-order valence-corrected chi connectivity index (χ3v) is 2.72. The molecular formula is C12H14F3NO2. The highest BCUT2D eigenvalue weighted by atomic mass is 19.4. The summed E-state index contributed by atoms with van der Waals surface area (Å²) in [6, 6.07) is 3.22. The van der Waals surface area contributed by atoms with Crippen molar-refractivity contribution in [3.8, 4) is 5.75 Å². The first-order valence-corrected chi connectivity index (χ1v) is 5.67. The Bertz CT molecular complexity index is 414. The molecule has 1 aromatic carbocycles. The Morgan fingerprint density at radius 2 is 2.11 bits per heavy atom. The molecule has 0 spiro atoms. The average Bonchev–Trinajstić information content (AvgIpc) is 2.77. The number of anilines is 1. The maximum atomic E-state index is 12.6. The summed E-state index contributed by atoms with van der Waals surface area (Å²) in [5.74, 6) is 0.123. The fourth-order valence-corrected chi connectivity index (χ4v) is 1.83. The van der Waals surface area contributed by atoms with E-state index in [4.69, 9.17) is 15.2 Å². The van der Waals surface area contributed by atoms with Crippen LogP contribution in [0.1, 0.15) is 18.4 Å². The van der Waals surface area contributed by atoms with E-state index in [-0.39, 0.29) is 24.1 Å². The largest absolute Gasteiger partial charge is 0.491 e. The third-order valence-electron chi connectivity index (χ3n) is 2.72. The molecule has 1 heterocycles. The number of hydrogen-bond donors (Lipinski definition) is 1. The maximum Gasteiger partial charge on any atom is 0.416 e. The van der Waals surface area contributed by atoms with Gasteiger partial charge < -0.3 is 15.2 Å². The molecule has 1 atom stereocenters. The van der Waals surface area contributed by atoms with Crippen LogP contribution in [0.3, 0.4) is 0 Å². The molecule has 3 nitrogen and oxygen atoms in total. The normalized spacial score (nSPS) is 20.1. The number of nitrogen functional groups attached to an aromatic ring is 1. The van der Waals surface area contributed by atoms with Crippen LogP contribution in [0.2, 0.25) is 0 Å². The van der Waals surface area contributed by atoms with Crippen molar-refractivity contribution in [1.82, 2.24) is 0 Å². The Morgan fingerprint density at radius 1 is 1.33 bits per heavy atom. The molecule has 1 fully saturated rings. The smallest absolute Gasteiger partial charge is 0.416 e. The fourth-order valence-electron chi connectivity index (χ4n) is 1.83. The summed E-state index contributed by atoms with van der Waals surface area (Å²) >= 11 is 0. The van der Waals surface area contributed by atoms with Crippen molar-refractivity contribution in [2.45, 2.75) is 25.1 Å². The van der Waals surface area contributed by atoms with Gasteiger partial charge in [-0.15, -0.1) is 0 Å². The van der Waals surface area contributed by atoms with Gasteiger partial charge in [0.25, 0.3) is 0 Å². The molecule has 1 aromatic rings. The van der Waals surface area contributed by atoms with E-state index in [1.807, 2.05) is 0 Å². The molecule has 1 aliphatic rings. The van der Waals surface area contributed by atoms with Crippen LogP contribution >= 0.6 is 0 Å². The van der Waals surface area contributed by atoms with E-state index in [0.29, 0.717) is 6.61 Å². The van der Waals surface area contributed by atoms with Gasteiger partial charge in [0.2, 0.25) is 0 Å². The second kappa shape index (κ2) is 5.06. The van der Waals surface area contributed by atoms with E-state index < -0.39 is 11.7 Å². The molecule has 18 heavy (non-hydrogen) atoms. The van der Waals surface area contributed by atoms with Crippen LogP contribution < -0.4 is 10.5 Å². The Morgan fingerprint density at radius 3 is 2.72 bits per heavy atom. The minimum Gasteiger partial charge on any atom is -0.491 e. The molecule has 100 valence electrons.